The van der Waals surface area contributed by atoms with Crippen molar-refractivity contribution in [2.45, 2.75) is 12.5 Å². The minimum Gasteiger partial charge on any atom is -0.481 e. The van der Waals surface area contributed by atoms with E-state index in [2.05, 4.69) is 10.3 Å². The van der Waals surface area contributed by atoms with E-state index in [1.54, 1.807) is 30.3 Å². The van der Waals surface area contributed by atoms with Crippen molar-refractivity contribution < 1.29 is 23.5 Å². The molecule has 1 amide bonds. The minimum absolute atomic E-state index is 0.00690. The Labute approximate surface area is 159 Å². The van der Waals surface area contributed by atoms with Crippen molar-refractivity contribution in [3.05, 3.63) is 89.6 Å². The van der Waals surface area contributed by atoms with Gasteiger partial charge in [0.05, 0.1) is 18.2 Å². The Morgan fingerprint density at radius 1 is 1.00 bits per heavy atom. The van der Waals surface area contributed by atoms with E-state index in [1.807, 2.05) is 0 Å². The third-order valence-corrected chi connectivity index (χ3v) is 4.07. The first-order chi connectivity index (χ1) is 13.4. The number of carbonyl (C=O) groups is 2. The van der Waals surface area contributed by atoms with Crippen LogP contribution in [-0.4, -0.2) is 22.0 Å². The summed E-state index contributed by atoms with van der Waals surface area (Å²) in [5, 5.41) is 11.7. The predicted molar refractivity (Wildman–Crippen MR) is 98.5 cm³/mol. The minimum atomic E-state index is -1.15. The average molecular weight is 382 g/mol. The monoisotopic (exact) mass is 382 g/mol. The number of nitrogens with zero attached hydrogens (tertiary/aromatic N) is 1. The number of benzene rings is 2. The first-order valence-corrected chi connectivity index (χ1v) is 8.44. The van der Waals surface area contributed by atoms with E-state index < -0.39 is 36.0 Å². The lowest BCUT2D eigenvalue weighted by Crippen LogP contribution is -2.31. The Kier molecular flexibility index (Phi) is 5.74. The molecule has 2 aromatic carbocycles. The van der Waals surface area contributed by atoms with Crippen LogP contribution in [0, 0.1) is 11.6 Å². The van der Waals surface area contributed by atoms with Crippen molar-refractivity contribution in [3.8, 4) is 11.3 Å². The van der Waals surface area contributed by atoms with Gasteiger partial charge in [-0.25, -0.2) is 13.8 Å². The van der Waals surface area contributed by atoms with E-state index in [1.165, 1.54) is 30.3 Å². The molecule has 1 atom stereocenters. The Balaban J connectivity index is 1.87. The van der Waals surface area contributed by atoms with Crippen LogP contribution < -0.4 is 5.32 Å². The quantitative estimate of drug-likeness (QED) is 0.676. The lowest BCUT2D eigenvalue weighted by atomic mass is 10.0. The lowest BCUT2D eigenvalue weighted by molar-refractivity contribution is -0.137. The molecule has 0 saturated carbocycles. The maximum Gasteiger partial charge on any atom is 0.305 e. The van der Waals surface area contributed by atoms with Crippen LogP contribution in [0.4, 0.5) is 8.78 Å². The number of carbonyl (C=O) groups excluding carboxylic acids is 1. The number of carboxylic acids is 1. The molecule has 28 heavy (non-hydrogen) atoms. The number of carboxylic acid groups (broad SMARTS) is 1. The van der Waals surface area contributed by atoms with Crippen molar-refractivity contribution in [2.24, 2.45) is 0 Å². The molecule has 0 bridgehead atoms. The van der Waals surface area contributed by atoms with E-state index in [0.29, 0.717) is 5.56 Å². The zero-order valence-electron chi connectivity index (χ0n) is 14.6. The highest BCUT2D eigenvalue weighted by molar-refractivity contribution is 5.93. The van der Waals surface area contributed by atoms with Gasteiger partial charge in [0.25, 0.3) is 5.91 Å². The molecule has 0 radical (unpaired) electrons. The molecule has 0 saturated heterocycles. The molecule has 0 aliphatic rings. The third kappa shape index (κ3) is 4.56. The first kappa shape index (κ1) is 19.2. The Hall–Kier alpha value is -3.61. The predicted octanol–water partition coefficient (Wildman–Crippen LogP) is 3.97. The summed E-state index contributed by atoms with van der Waals surface area (Å²) in [6.45, 7) is 0. The van der Waals surface area contributed by atoms with Crippen LogP contribution >= 0.6 is 0 Å². The van der Waals surface area contributed by atoms with Crippen LogP contribution in [0.2, 0.25) is 0 Å². The molecule has 5 nitrogen and oxygen atoms in total. The Morgan fingerprint density at radius 2 is 1.75 bits per heavy atom. The molecule has 1 aromatic heterocycles. The summed E-state index contributed by atoms with van der Waals surface area (Å²) >= 11 is 0. The van der Waals surface area contributed by atoms with Crippen molar-refractivity contribution in [3.63, 3.8) is 0 Å². The summed E-state index contributed by atoms with van der Waals surface area (Å²) in [6.07, 6.45) is -0.428. The highest BCUT2D eigenvalue weighted by Gasteiger charge is 2.20. The van der Waals surface area contributed by atoms with Crippen molar-refractivity contribution >= 4 is 11.9 Å². The maximum atomic E-state index is 14.0. The molecule has 0 spiro atoms. The van der Waals surface area contributed by atoms with Crippen LogP contribution in [0.15, 0.2) is 66.7 Å². The van der Waals surface area contributed by atoms with Crippen LogP contribution in [0.1, 0.15) is 28.5 Å². The first-order valence-electron chi connectivity index (χ1n) is 8.44. The normalized spacial score (nSPS) is 11.6. The summed E-state index contributed by atoms with van der Waals surface area (Å²) in [5.74, 6) is -2.81. The molecule has 3 rings (SSSR count). The van der Waals surface area contributed by atoms with Crippen molar-refractivity contribution in [2.75, 3.05) is 0 Å². The molecule has 0 aliphatic heterocycles. The van der Waals surface area contributed by atoms with Gasteiger partial charge in [0.15, 0.2) is 0 Å². The van der Waals surface area contributed by atoms with Gasteiger partial charge in [-0.15, -0.1) is 0 Å². The second-order valence-corrected chi connectivity index (χ2v) is 6.07. The molecule has 1 unspecified atom stereocenters. The van der Waals surface area contributed by atoms with E-state index in [-0.39, 0.29) is 17.0 Å². The fourth-order valence-corrected chi connectivity index (χ4v) is 2.76. The fraction of sp³-hybridized carbons (Fsp3) is 0.0952. The van der Waals surface area contributed by atoms with Gasteiger partial charge in [0.2, 0.25) is 0 Å². The highest BCUT2D eigenvalue weighted by Crippen LogP contribution is 2.22. The Morgan fingerprint density at radius 3 is 2.46 bits per heavy atom. The van der Waals surface area contributed by atoms with Crippen molar-refractivity contribution in [1.82, 2.24) is 10.3 Å². The molecule has 7 heteroatoms. The molecular formula is C21H16F2N2O3. The smallest absolute Gasteiger partial charge is 0.305 e. The largest absolute Gasteiger partial charge is 0.481 e. The van der Waals surface area contributed by atoms with Gasteiger partial charge in [-0.1, -0.05) is 30.3 Å². The number of hydrogen-bond donors (Lipinski definition) is 2. The molecule has 3 aromatic rings. The van der Waals surface area contributed by atoms with Crippen LogP contribution in [0.5, 0.6) is 0 Å². The highest BCUT2D eigenvalue weighted by atomic mass is 19.1. The molecule has 2 N–H and O–H groups in total. The average Bonchev–Trinajstić information content (AvgIpc) is 2.67. The number of amides is 1. The summed E-state index contributed by atoms with van der Waals surface area (Å²) in [6, 6.07) is 15.0. The van der Waals surface area contributed by atoms with Crippen LogP contribution in [-0.2, 0) is 4.79 Å². The van der Waals surface area contributed by atoms with E-state index >= 15 is 0 Å². The Bertz CT molecular complexity index is 1020. The molecule has 142 valence electrons. The maximum absolute atomic E-state index is 14.0. The molecule has 0 aliphatic carbocycles. The van der Waals surface area contributed by atoms with E-state index in [4.69, 9.17) is 5.11 Å². The van der Waals surface area contributed by atoms with Gasteiger partial charge >= 0.3 is 5.97 Å². The number of nitrogens with one attached hydrogen (secondary N) is 1. The molecule has 1 heterocycles. The second-order valence-electron chi connectivity index (χ2n) is 6.07. The zero-order chi connectivity index (χ0) is 20.1. The summed E-state index contributed by atoms with van der Waals surface area (Å²) in [5.41, 5.74) is 0.823. The topological polar surface area (TPSA) is 79.3 Å². The van der Waals surface area contributed by atoms with Gasteiger partial charge in [-0.3, -0.25) is 9.59 Å². The number of rotatable bonds is 6. The van der Waals surface area contributed by atoms with Gasteiger partial charge in [-0.2, -0.15) is 0 Å². The summed E-state index contributed by atoms with van der Waals surface area (Å²) in [7, 11) is 0. The number of halogens is 2. The number of hydrogen-bond acceptors (Lipinski definition) is 3. The standard InChI is InChI=1S/C21H16F2N2O3/c22-14-6-3-5-13(11-14)19(12-20(26)27)25-21(28)18-10-4-9-17(24-18)15-7-1-2-8-16(15)23/h1-11,19H,12H2,(H,25,28)(H,26,27). The molecule has 0 fully saturated rings. The van der Waals surface area contributed by atoms with E-state index in [9.17, 15) is 18.4 Å². The van der Waals surface area contributed by atoms with Gasteiger partial charge in [-0.05, 0) is 42.0 Å². The third-order valence-electron chi connectivity index (χ3n) is 4.07. The zero-order valence-corrected chi connectivity index (χ0v) is 14.6. The summed E-state index contributed by atoms with van der Waals surface area (Å²) < 4.78 is 27.5. The number of pyridine rings is 1. The van der Waals surface area contributed by atoms with Gasteiger partial charge in [0, 0.05) is 5.56 Å². The second kappa shape index (κ2) is 8.39. The fourth-order valence-electron chi connectivity index (χ4n) is 2.76. The molecular weight excluding hydrogens is 366 g/mol. The summed E-state index contributed by atoms with van der Waals surface area (Å²) in [4.78, 5) is 27.9. The van der Waals surface area contributed by atoms with Crippen LogP contribution in [0.3, 0.4) is 0 Å². The number of aromatic nitrogens is 1. The SMILES string of the molecule is O=C(O)CC(NC(=O)c1cccc(-c2ccccc2F)n1)c1cccc(F)c1. The van der Waals surface area contributed by atoms with Gasteiger partial charge in [0.1, 0.15) is 17.3 Å². The van der Waals surface area contributed by atoms with Crippen molar-refractivity contribution in [1.29, 1.82) is 0 Å². The van der Waals surface area contributed by atoms with Crippen LogP contribution in [0.25, 0.3) is 11.3 Å². The lowest BCUT2D eigenvalue weighted by Gasteiger charge is -2.17. The van der Waals surface area contributed by atoms with E-state index in [0.717, 1.165) is 6.07 Å². The van der Waals surface area contributed by atoms with Gasteiger partial charge < -0.3 is 10.4 Å². The number of aliphatic carboxylic acids is 1.